The summed E-state index contributed by atoms with van der Waals surface area (Å²) in [6.07, 6.45) is 2.03. The van der Waals surface area contributed by atoms with Crippen molar-refractivity contribution in [2.45, 2.75) is 32.4 Å². The Labute approximate surface area is 151 Å². The minimum absolute atomic E-state index is 0.0349. The second kappa shape index (κ2) is 8.27. The third-order valence-electron chi connectivity index (χ3n) is 4.55. The number of benzene rings is 2. The van der Waals surface area contributed by atoms with E-state index in [0.717, 1.165) is 19.4 Å². The minimum atomic E-state index is -2.93. The fourth-order valence-electron chi connectivity index (χ4n) is 3.32. The van der Waals surface area contributed by atoms with Crippen molar-refractivity contribution in [2.24, 2.45) is 0 Å². The van der Waals surface area contributed by atoms with Gasteiger partial charge in [-0.1, -0.05) is 42.0 Å². The van der Waals surface area contributed by atoms with Crippen molar-refractivity contribution in [3.05, 3.63) is 59.7 Å². The van der Waals surface area contributed by atoms with Crippen LogP contribution >= 0.6 is 0 Å². The number of halogens is 2. The monoisotopic (exact) mass is 360 g/mol. The van der Waals surface area contributed by atoms with Gasteiger partial charge in [0, 0.05) is 6.04 Å². The first-order valence-corrected chi connectivity index (χ1v) is 8.67. The number of hydrogen-bond donors (Lipinski definition) is 1. The van der Waals surface area contributed by atoms with Crippen molar-refractivity contribution in [1.82, 2.24) is 4.90 Å². The summed E-state index contributed by atoms with van der Waals surface area (Å²) in [7, 11) is 0. The van der Waals surface area contributed by atoms with Crippen LogP contribution in [-0.4, -0.2) is 30.5 Å². The fourth-order valence-corrected chi connectivity index (χ4v) is 3.32. The van der Waals surface area contributed by atoms with Gasteiger partial charge in [-0.05, 0) is 44.0 Å². The number of carbonyl (C=O) groups is 1. The smallest absolute Gasteiger partial charge is 0.387 e. The highest BCUT2D eigenvalue weighted by molar-refractivity contribution is 5.93. The predicted octanol–water partition coefficient (Wildman–Crippen LogP) is 4.37. The van der Waals surface area contributed by atoms with Crippen LogP contribution < -0.4 is 10.1 Å². The van der Waals surface area contributed by atoms with Gasteiger partial charge in [0.25, 0.3) is 0 Å². The molecule has 1 aliphatic rings. The Morgan fingerprint density at radius 2 is 1.96 bits per heavy atom. The molecule has 6 heteroatoms. The lowest BCUT2D eigenvalue weighted by molar-refractivity contribution is -0.117. The number of rotatable bonds is 6. The molecule has 2 aromatic carbocycles. The van der Waals surface area contributed by atoms with Gasteiger partial charge in [0.2, 0.25) is 5.91 Å². The van der Waals surface area contributed by atoms with E-state index in [0.29, 0.717) is 0 Å². The molecule has 1 heterocycles. The summed E-state index contributed by atoms with van der Waals surface area (Å²) in [5.74, 6) is -0.276. The van der Waals surface area contributed by atoms with Gasteiger partial charge in [-0.15, -0.1) is 0 Å². The number of hydrogen-bond acceptors (Lipinski definition) is 3. The Bertz CT molecular complexity index is 750. The van der Waals surface area contributed by atoms with Crippen molar-refractivity contribution in [3.63, 3.8) is 0 Å². The Hall–Kier alpha value is -2.47. The van der Waals surface area contributed by atoms with E-state index < -0.39 is 6.61 Å². The molecule has 0 bridgehead atoms. The summed E-state index contributed by atoms with van der Waals surface area (Å²) in [6.45, 7) is 0.156. The maximum Gasteiger partial charge on any atom is 0.387 e. The first-order chi connectivity index (χ1) is 12.5. The molecule has 1 aliphatic heterocycles. The fraction of sp³-hybridized carbons (Fsp3) is 0.350. The third kappa shape index (κ3) is 4.58. The lowest BCUT2D eigenvalue weighted by Crippen LogP contribution is -2.33. The average Bonchev–Trinajstić information content (AvgIpc) is 3.05. The standard InChI is InChI=1S/C20H22F2N2O2/c1-14-8-10-15(11-9-14)17-6-4-12-24(17)13-19(25)23-16-5-2-3-7-18(16)26-20(21)22/h2-3,5,7-11,17,20H,4,6,12-13H2,1H3,(H,23,25)/t17-/m1/s1. The normalized spacial score (nSPS) is 17.5. The van der Waals surface area contributed by atoms with Crippen LogP contribution in [0.15, 0.2) is 48.5 Å². The van der Waals surface area contributed by atoms with Crippen LogP contribution in [0.2, 0.25) is 0 Å². The number of anilines is 1. The van der Waals surface area contributed by atoms with Crippen molar-refractivity contribution < 1.29 is 18.3 Å². The molecule has 2 aromatic rings. The van der Waals surface area contributed by atoms with Crippen molar-refractivity contribution >= 4 is 11.6 Å². The largest absolute Gasteiger partial charge is 0.433 e. The average molecular weight is 360 g/mol. The molecule has 1 N–H and O–H groups in total. The Morgan fingerprint density at radius 1 is 1.23 bits per heavy atom. The first-order valence-electron chi connectivity index (χ1n) is 8.67. The number of alkyl halides is 2. The summed E-state index contributed by atoms with van der Waals surface area (Å²) >= 11 is 0. The van der Waals surface area contributed by atoms with Gasteiger partial charge in [-0.2, -0.15) is 8.78 Å². The van der Waals surface area contributed by atoms with Crippen LogP contribution in [0.5, 0.6) is 5.75 Å². The molecule has 138 valence electrons. The summed E-state index contributed by atoms with van der Waals surface area (Å²) in [5, 5.41) is 2.68. The van der Waals surface area contributed by atoms with E-state index in [4.69, 9.17) is 0 Å². The van der Waals surface area contributed by atoms with Gasteiger partial charge in [-0.3, -0.25) is 9.69 Å². The van der Waals surface area contributed by atoms with E-state index in [2.05, 4.69) is 39.2 Å². The second-order valence-electron chi connectivity index (χ2n) is 6.46. The maximum atomic E-state index is 12.5. The highest BCUT2D eigenvalue weighted by Gasteiger charge is 2.27. The molecule has 26 heavy (non-hydrogen) atoms. The quantitative estimate of drug-likeness (QED) is 0.832. The van der Waals surface area contributed by atoms with Crippen LogP contribution in [0.25, 0.3) is 0 Å². The number of amides is 1. The van der Waals surface area contributed by atoms with Crippen molar-refractivity contribution in [3.8, 4) is 5.75 Å². The number of ether oxygens (including phenoxy) is 1. The Kier molecular flexibility index (Phi) is 5.83. The first kappa shape index (κ1) is 18.3. The summed E-state index contributed by atoms with van der Waals surface area (Å²) in [6, 6.07) is 14.8. The van der Waals surface area contributed by atoms with E-state index in [1.54, 1.807) is 18.2 Å². The van der Waals surface area contributed by atoms with E-state index in [1.807, 2.05) is 6.92 Å². The van der Waals surface area contributed by atoms with Gasteiger partial charge in [0.15, 0.2) is 0 Å². The molecule has 1 fully saturated rings. The summed E-state index contributed by atoms with van der Waals surface area (Å²) < 4.78 is 29.4. The van der Waals surface area contributed by atoms with Crippen LogP contribution in [0.3, 0.4) is 0 Å². The van der Waals surface area contributed by atoms with Crippen LogP contribution in [0.1, 0.15) is 30.0 Å². The molecule has 1 saturated heterocycles. The number of carbonyl (C=O) groups excluding carboxylic acids is 1. The van der Waals surface area contributed by atoms with E-state index in [-0.39, 0.29) is 29.9 Å². The van der Waals surface area contributed by atoms with Crippen LogP contribution in [-0.2, 0) is 4.79 Å². The van der Waals surface area contributed by atoms with Crippen LogP contribution in [0.4, 0.5) is 14.5 Å². The van der Waals surface area contributed by atoms with Crippen molar-refractivity contribution in [2.75, 3.05) is 18.4 Å². The minimum Gasteiger partial charge on any atom is -0.433 e. The molecule has 0 unspecified atom stereocenters. The predicted molar refractivity (Wildman–Crippen MR) is 96.4 cm³/mol. The molecule has 1 amide bonds. The highest BCUT2D eigenvalue weighted by Crippen LogP contribution is 2.32. The zero-order valence-corrected chi connectivity index (χ0v) is 14.6. The molecule has 0 saturated carbocycles. The molecule has 3 rings (SSSR count). The van der Waals surface area contributed by atoms with Crippen molar-refractivity contribution in [1.29, 1.82) is 0 Å². The van der Waals surface area contributed by atoms with E-state index in [1.165, 1.54) is 17.2 Å². The lowest BCUT2D eigenvalue weighted by Gasteiger charge is -2.24. The lowest BCUT2D eigenvalue weighted by atomic mass is 10.0. The number of para-hydroxylation sites is 2. The third-order valence-corrected chi connectivity index (χ3v) is 4.55. The SMILES string of the molecule is Cc1ccc([C@H]2CCCN2CC(=O)Nc2ccccc2OC(F)F)cc1. The molecule has 1 atom stereocenters. The van der Waals surface area contributed by atoms with Gasteiger partial charge < -0.3 is 10.1 Å². The second-order valence-corrected chi connectivity index (χ2v) is 6.46. The molecular weight excluding hydrogens is 338 g/mol. The molecule has 0 aliphatic carbocycles. The number of likely N-dealkylation sites (tertiary alicyclic amines) is 1. The summed E-state index contributed by atoms with van der Waals surface area (Å²) in [4.78, 5) is 14.6. The molecule has 0 spiro atoms. The topological polar surface area (TPSA) is 41.6 Å². The van der Waals surface area contributed by atoms with Gasteiger partial charge in [0.05, 0.1) is 12.2 Å². The van der Waals surface area contributed by atoms with Crippen LogP contribution in [0, 0.1) is 6.92 Å². The maximum absolute atomic E-state index is 12.5. The molecular formula is C20H22F2N2O2. The Morgan fingerprint density at radius 3 is 2.69 bits per heavy atom. The highest BCUT2D eigenvalue weighted by atomic mass is 19.3. The molecule has 0 radical (unpaired) electrons. The number of aryl methyl sites for hydroxylation is 1. The molecule has 4 nitrogen and oxygen atoms in total. The molecule has 0 aromatic heterocycles. The summed E-state index contributed by atoms with van der Waals surface area (Å²) in [5.41, 5.74) is 2.65. The van der Waals surface area contributed by atoms with Gasteiger partial charge in [0.1, 0.15) is 5.75 Å². The van der Waals surface area contributed by atoms with E-state index >= 15 is 0 Å². The zero-order chi connectivity index (χ0) is 18.5. The zero-order valence-electron chi connectivity index (χ0n) is 14.6. The van der Waals surface area contributed by atoms with E-state index in [9.17, 15) is 13.6 Å². The van der Waals surface area contributed by atoms with Gasteiger partial charge in [-0.25, -0.2) is 0 Å². The van der Waals surface area contributed by atoms with Gasteiger partial charge >= 0.3 is 6.61 Å². The Balaban J connectivity index is 1.65. The number of nitrogens with one attached hydrogen (secondary N) is 1. The number of nitrogens with zero attached hydrogens (tertiary/aromatic N) is 1.